The second-order valence-electron chi connectivity index (χ2n) is 7.01. The molecule has 1 aliphatic rings. The number of rotatable bonds is 10. The van der Waals surface area contributed by atoms with Crippen molar-refractivity contribution >= 4 is 21.9 Å². The van der Waals surface area contributed by atoms with Crippen molar-refractivity contribution in [2.45, 2.75) is 51.7 Å². The Labute approximate surface area is 180 Å². The second kappa shape index (κ2) is 10.9. The minimum Gasteiger partial charge on any atom is -0.491 e. The van der Waals surface area contributed by atoms with Gasteiger partial charge in [-0.05, 0) is 35.2 Å². The summed E-state index contributed by atoms with van der Waals surface area (Å²) in [5, 5.41) is 9.96. The molecule has 0 amide bonds. The summed E-state index contributed by atoms with van der Waals surface area (Å²) in [6.07, 6.45) is 5.09. The monoisotopic (exact) mass is 471 g/mol. The number of nitrogens with zero attached hydrogens (tertiary/aromatic N) is 1. The van der Waals surface area contributed by atoms with Crippen molar-refractivity contribution in [3.05, 3.63) is 29.0 Å². The maximum absolute atomic E-state index is 12.0. The van der Waals surface area contributed by atoms with Crippen LogP contribution in [0.1, 0.15) is 51.3 Å². The van der Waals surface area contributed by atoms with Gasteiger partial charge in [0.2, 0.25) is 0 Å². The zero-order valence-corrected chi connectivity index (χ0v) is 18.9. The van der Waals surface area contributed by atoms with E-state index in [1.165, 1.54) is 14.0 Å². The predicted molar refractivity (Wildman–Crippen MR) is 112 cm³/mol. The molecular formula is C21H30BrNO6. The maximum Gasteiger partial charge on any atom is 0.303 e. The van der Waals surface area contributed by atoms with E-state index in [-0.39, 0.29) is 6.61 Å². The van der Waals surface area contributed by atoms with Crippen molar-refractivity contribution in [2.24, 2.45) is 5.41 Å². The molecule has 1 aromatic heterocycles. The third-order valence-electron chi connectivity index (χ3n) is 5.16. The number of aromatic nitrogens is 1. The Bertz CT molecular complexity index is 713. The number of aliphatic hydroxyl groups is 1. The fourth-order valence-electron chi connectivity index (χ4n) is 3.67. The summed E-state index contributed by atoms with van der Waals surface area (Å²) >= 11 is 3.47. The van der Waals surface area contributed by atoms with Crippen LogP contribution in [0.15, 0.2) is 23.3 Å². The van der Waals surface area contributed by atoms with Crippen molar-refractivity contribution < 1.29 is 28.8 Å². The van der Waals surface area contributed by atoms with Crippen molar-refractivity contribution in [3.63, 3.8) is 0 Å². The number of aliphatic hydroxyl groups excluding tert-OH is 1. The smallest absolute Gasteiger partial charge is 0.303 e. The number of hydrogen-bond donors (Lipinski definition) is 1. The molecule has 2 heterocycles. The predicted octanol–water partition coefficient (Wildman–Crippen LogP) is 3.98. The topological polar surface area (TPSA) is 87.1 Å². The number of esters is 1. The number of carbonyl (C=O) groups excluding carboxylic acids is 1. The van der Waals surface area contributed by atoms with E-state index in [4.69, 9.17) is 18.9 Å². The van der Waals surface area contributed by atoms with E-state index in [0.717, 1.165) is 19.3 Å². The van der Waals surface area contributed by atoms with Gasteiger partial charge in [0, 0.05) is 19.7 Å². The van der Waals surface area contributed by atoms with Gasteiger partial charge >= 0.3 is 5.97 Å². The van der Waals surface area contributed by atoms with Crippen molar-refractivity contribution in [2.75, 3.05) is 26.9 Å². The van der Waals surface area contributed by atoms with Crippen LogP contribution < -0.4 is 9.47 Å². The molecule has 0 aromatic carbocycles. The van der Waals surface area contributed by atoms with E-state index < -0.39 is 23.6 Å². The SMILES string of the molecule is C=CC1(C(OC(C)=O)c2ncc(Br)c(OCCCC)c2OC)CCCO[C@@H]1CO. The molecule has 8 heteroatoms. The number of pyridine rings is 1. The van der Waals surface area contributed by atoms with Gasteiger partial charge in [0.15, 0.2) is 17.6 Å². The van der Waals surface area contributed by atoms with Gasteiger partial charge in [0.05, 0.1) is 36.3 Å². The molecule has 1 N–H and O–H groups in total. The highest BCUT2D eigenvalue weighted by atomic mass is 79.9. The van der Waals surface area contributed by atoms with Gasteiger partial charge in [-0.3, -0.25) is 9.78 Å². The van der Waals surface area contributed by atoms with Crippen LogP contribution in [0, 0.1) is 5.41 Å². The largest absolute Gasteiger partial charge is 0.491 e. The average molecular weight is 472 g/mol. The molecule has 2 unspecified atom stereocenters. The molecule has 2 rings (SSSR count). The van der Waals surface area contributed by atoms with Gasteiger partial charge in [0.1, 0.15) is 5.69 Å². The van der Waals surface area contributed by atoms with E-state index >= 15 is 0 Å². The summed E-state index contributed by atoms with van der Waals surface area (Å²) in [6, 6.07) is 0. The lowest BCUT2D eigenvalue weighted by molar-refractivity contribution is -0.172. The Balaban J connectivity index is 2.61. The molecule has 7 nitrogen and oxygen atoms in total. The quantitative estimate of drug-likeness (QED) is 0.313. The van der Waals surface area contributed by atoms with Crippen molar-refractivity contribution in [3.8, 4) is 11.5 Å². The number of unbranched alkanes of at least 4 members (excludes halogenated alkanes) is 1. The van der Waals surface area contributed by atoms with Gasteiger partial charge in [-0.15, -0.1) is 6.58 Å². The maximum atomic E-state index is 12.0. The molecule has 0 spiro atoms. The molecule has 1 aromatic rings. The number of ether oxygens (including phenoxy) is 4. The summed E-state index contributed by atoms with van der Waals surface area (Å²) in [6.45, 7) is 8.19. The summed E-state index contributed by atoms with van der Waals surface area (Å²) in [4.78, 5) is 16.5. The van der Waals surface area contributed by atoms with Crippen molar-refractivity contribution in [1.82, 2.24) is 4.98 Å². The molecule has 0 radical (unpaired) electrons. The molecule has 0 saturated carbocycles. The van der Waals surface area contributed by atoms with Crippen LogP contribution in [-0.4, -0.2) is 49.1 Å². The first-order chi connectivity index (χ1) is 13.9. The number of hydrogen-bond acceptors (Lipinski definition) is 7. The van der Waals surface area contributed by atoms with Crippen LogP contribution in [0.3, 0.4) is 0 Å². The minimum absolute atomic E-state index is 0.234. The Morgan fingerprint density at radius 3 is 2.90 bits per heavy atom. The van der Waals surface area contributed by atoms with E-state index in [2.05, 4.69) is 34.4 Å². The third kappa shape index (κ3) is 5.10. The fraction of sp³-hybridized carbons (Fsp3) is 0.619. The Morgan fingerprint density at radius 1 is 1.55 bits per heavy atom. The van der Waals surface area contributed by atoms with E-state index in [1.807, 2.05) is 0 Å². The molecular weight excluding hydrogens is 442 g/mol. The van der Waals surface area contributed by atoms with Gasteiger partial charge in [-0.25, -0.2) is 0 Å². The van der Waals surface area contributed by atoms with Gasteiger partial charge in [-0.2, -0.15) is 0 Å². The van der Waals surface area contributed by atoms with Crippen molar-refractivity contribution in [1.29, 1.82) is 0 Å². The van der Waals surface area contributed by atoms with Crippen LogP contribution in [0.25, 0.3) is 0 Å². The van der Waals surface area contributed by atoms with E-state index in [1.54, 1.807) is 12.3 Å². The standard InChI is InChI=1S/C21H30BrNO6/c1-5-7-10-28-18-15(22)12-23-17(19(18)26-4)20(29-14(3)25)21(6-2)9-8-11-27-16(21)13-24/h6,12,16,20,24H,2,5,7-11,13H2,1,3-4H3/t16-,20?,21?/m1/s1. The zero-order chi connectivity index (χ0) is 21.4. The van der Waals surface area contributed by atoms with Crippen LogP contribution in [-0.2, 0) is 14.3 Å². The van der Waals surface area contributed by atoms with E-state index in [9.17, 15) is 9.90 Å². The highest BCUT2D eigenvalue weighted by molar-refractivity contribution is 9.10. The van der Waals surface area contributed by atoms with Crippen LogP contribution in [0.2, 0.25) is 0 Å². The highest BCUT2D eigenvalue weighted by Crippen LogP contribution is 2.51. The summed E-state index contributed by atoms with van der Waals surface area (Å²) in [7, 11) is 1.52. The molecule has 1 fully saturated rings. The van der Waals surface area contributed by atoms with Gasteiger partial charge in [-0.1, -0.05) is 19.4 Å². The van der Waals surface area contributed by atoms with Crippen LogP contribution in [0.5, 0.6) is 11.5 Å². The first kappa shape index (κ1) is 23.6. The van der Waals surface area contributed by atoms with Crippen LogP contribution >= 0.6 is 15.9 Å². The molecule has 1 aliphatic heterocycles. The lowest BCUT2D eigenvalue weighted by Crippen LogP contribution is -2.47. The van der Waals surface area contributed by atoms with Gasteiger partial charge in [0.25, 0.3) is 0 Å². The number of carbonyl (C=O) groups is 1. The molecule has 3 atom stereocenters. The normalized spacial score (nSPS) is 22.6. The lowest BCUT2D eigenvalue weighted by Gasteiger charge is -2.45. The van der Waals surface area contributed by atoms with Gasteiger partial charge < -0.3 is 24.1 Å². The minimum atomic E-state index is -0.855. The number of methoxy groups -OCH3 is 1. The highest BCUT2D eigenvalue weighted by Gasteiger charge is 2.50. The Kier molecular flexibility index (Phi) is 8.92. The first-order valence-corrected chi connectivity index (χ1v) is 10.6. The zero-order valence-electron chi connectivity index (χ0n) is 17.3. The first-order valence-electron chi connectivity index (χ1n) is 9.83. The average Bonchev–Trinajstić information content (AvgIpc) is 2.73. The lowest BCUT2D eigenvalue weighted by atomic mass is 9.70. The molecule has 0 bridgehead atoms. The van der Waals surface area contributed by atoms with E-state index in [0.29, 0.717) is 41.3 Å². The third-order valence-corrected chi connectivity index (χ3v) is 5.72. The number of halogens is 1. The molecule has 1 saturated heterocycles. The Morgan fingerprint density at radius 2 is 2.31 bits per heavy atom. The summed E-state index contributed by atoms with van der Waals surface area (Å²) < 4.78 is 23.8. The second-order valence-corrected chi connectivity index (χ2v) is 7.86. The summed E-state index contributed by atoms with van der Waals surface area (Å²) in [5.41, 5.74) is -0.450. The Hall–Kier alpha value is -1.64. The summed E-state index contributed by atoms with van der Waals surface area (Å²) in [5.74, 6) is 0.406. The fourth-order valence-corrected chi connectivity index (χ4v) is 4.07. The van der Waals surface area contributed by atoms with Crippen LogP contribution in [0.4, 0.5) is 0 Å². The molecule has 29 heavy (non-hydrogen) atoms. The molecule has 0 aliphatic carbocycles. The molecule has 162 valence electrons.